The number of carbonyl (C=O) groups excluding carboxylic acids is 1. The minimum atomic E-state index is -3.47. The molecule has 1 amide bonds. The third-order valence-electron chi connectivity index (χ3n) is 4.63. The zero-order valence-electron chi connectivity index (χ0n) is 16.6. The molecule has 1 aromatic heterocycles. The van der Waals surface area contributed by atoms with Gasteiger partial charge in [-0.25, -0.2) is 13.1 Å². The van der Waals surface area contributed by atoms with Gasteiger partial charge in [-0.3, -0.25) is 9.59 Å². The molecule has 0 bridgehead atoms. The second kappa shape index (κ2) is 9.02. The number of carbonyl (C=O) groups is 1. The Balaban J connectivity index is 1.78. The molecule has 29 heavy (non-hydrogen) atoms. The van der Waals surface area contributed by atoms with Crippen LogP contribution in [-0.2, 0) is 21.3 Å². The van der Waals surface area contributed by atoms with Crippen LogP contribution in [-0.4, -0.2) is 67.0 Å². The lowest BCUT2D eigenvalue weighted by Crippen LogP contribution is -2.44. The highest BCUT2D eigenvalue weighted by molar-refractivity contribution is 7.89. The Labute approximate surface area is 169 Å². The van der Waals surface area contributed by atoms with Crippen LogP contribution in [0, 0.1) is 5.92 Å². The molecule has 1 N–H and O–H groups in total. The second-order valence-electron chi connectivity index (χ2n) is 7.36. The first kappa shape index (κ1) is 21.4. The molecule has 1 aliphatic rings. The van der Waals surface area contributed by atoms with Crippen LogP contribution in [0.3, 0.4) is 0 Å². The van der Waals surface area contributed by atoms with Gasteiger partial charge in [-0.15, -0.1) is 0 Å². The standard InChI is InChI=1S/C19H26N4O5S/c1-14(2)13-23-19(25)16-6-4-3-5-15(16)17(21-23)18(24)20-7-12-29(26,27)22-8-10-28-11-9-22/h3-6,14H,7-13H2,1-2H3,(H,20,24). The molecule has 0 unspecified atom stereocenters. The van der Waals surface area contributed by atoms with Gasteiger partial charge in [-0.05, 0) is 12.0 Å². The Bertz CT molecular complexity index is 1040. The maximum Gasteiger partial charge on any atom is 0.274 e. The Morgan fingerprint density at radius 1 is 1.21 bits per heavy atom. The molecule has 9 nitrogen and oxygen atoms in total. The molecule has 1 aliphatic heterocycles. The predicted molar refractivity (Wildman–Crippen MR) is 109 cm³/mol. The number of hydrogen-bond acceptors (Lipinski definition) is 6. The van der Waals surface area contributed by atoms with Crippen molar-refractivity contribution in [1.29, 1.82) is 0 Å². The van der Waals surface area contributed by atoms with E-state index >= 15 is 0 Å². The van der Waals surface area contributed by atoms with Gasteiger partial charge in [-0.1, -0.05) is 32.0 Å². The summed E-state index contributed by atoms with van der Waals surface area (Å²) in [6.07, 6.45) is 0. The van der Waals surface area contributed by atoms with Crippen molar-refractivity contribution < 1.29 is 17.9 Å². The van der Waals surface area contributed by atoms with Gasteiger partial charge in [0.2, 0.25) is 10.0 Å². The number of sulfonamides is 1. The SMILES string of the molecule is CC(C)Cn1nc(C(=O)NCCS(=O)(=O)N2CCOCC2)c2ccccc2c1=O. The van der Waals surface area contributed by atoms with E-state index < -0.39 is 15.9 Å². The van der Waals surface area contributed by atoms with Crippen LogP contribution in [0.4, 0.5) is 0 Å². The van der Waals surface area contributed by atoms with E-state index in [1.165, 1.54) is 8.99 Å². The summed E-state index contributed by atoms with van der Waals surface area (Å²) in [5.74, 6) is -0.533. The maximum atomic E-state index is 12.8. The fourth-order valence-electron chi connectivity index (χ4n) is 3.20. The topological polar surface area (TPSA) is 111 Å². The van der Waals surface area contributed by atoms with E-state index in [4.69, 9.17) is 4.74 Å². The number of benzene rings is 1. The molecule has 10 heteroatoms. The van der Waals surface area contributed by atoms with E-state index in [9.17, 15) is 18.0 Å². The molecular formula is C19H26N4O5S. The van der Waals surface area contributed by atoms with Crippen LogP contribution in [0.2, 0.25) is 0 Å². The van der Waals surface area contributed by atoms with Gasteiger partial charge in [0.05, 0.1) is 24.4 Å². The normalized spacial score (nSPS) is 15.7. The number of amides is 1. The smallest absolute Gasteiger partial charge is 0.274 e. The minimum Gasteiger partial charge on any atom is -0.379 e. The third-order valence-corrected chi connectivity index (χ3v) is 6.50. The summed E-state index contributed by atoms with van der Waals surface area (Å²) < 4.78 is 32.6. The first-order valence-electron chi connectivity index (χ1n) is 9.63. The van der Waals surface area contributed by atoms with Gasteiger partial charge in [0.1, 0.15) is 0 Å². The Morgan fingerprint density at radius 2 is 1.86 bits per heavy atom. The quantitative estimate of drug-likeness (QED) is 0.693. The highest BCUT2D eigenvalue weighted by atomic mass is 32.2. The van der Waals surface area contributed by atoms with E-state index in [1.807, 2.05) is 13.8 Å². The van der Waals surface area contributed by atoms with Gasteiger partial charge >= 0.3 is 0 Å². The fraction of sp³-hybridized carbons (Fsp3) is 0.526. The molecule has 3 rings (SSSR count). The molecule has 2 aromatic rings. The number of nitrogens with one attached hydrogen (secondary N) is 1. The Kier molecular flexibility index (Phi) is 6.66. The van der Waals surface area contributed by atoms with Crippen molar-refractivity contribution in [1.82, 2.24) is 19.4 Å². The number of nitrogens with zero attached hydrogens (tertiary/aromatic N) is 3. The van der Waals surface area contributed by atoms with E-state index in [0.29, 0.717) is 43.6 Å². The first-order chi connectivity index (χ1) is 13.8. The largest absolute Gasteiger partial charge is 0.379 e. The van der Waals surface area contributed by atoms with Gasteiger partial charge in [0.15, 0.2) is 5.69 Å². The summed E-state index contributed by atoms with van der Waals surface area (Å²) in [4.78, 5) is 25.4. The van der Waals surface area contributed by atoms with Crippen LogP contribution in [0.1, 0.15) is 24.3 Å². The molecule has 0 aliphatic carbocycles. The monoisotopic (exact) mass is 422 g/mol. The summed E-state index contributed by atoms with van der Waals surface area (Å²) in [7, 11) is -3.47. The Morgan fingerprint density at radius 3 is 2.52 bits per heavy atom. The summed E-state index contributed by atoms with van der Waals surface area (Å²) in [6, 6.07) is 6.80. The van der Waals surface area contributed by atoms with Gasteiger partial charge in [-0.2, -0.15) is 9.40 Å². The van der Waals surface area contributed by atoms with Crippen LogP contribution >= 0.6 is 0 Å². The average Bonchev–Trinajstić information content (AvgIpc) is 2.70. The second-order valence-corrected chi connectivity index (χ2v) is 9.45. The first-order valence-corrected chi connectivity index (χ1v) is 11.2. The number of aromatic nitrogens is 2. The van der Waals surface area contributed by atoms with Gasteiger partial charge < -0.3 is 10.1 Å². The third kappa shape index (κ3) is 5.01. The number of morpholine rings is 1. The molecule has 1 saturated heterocycles. The molecule has 0 radical (unpaired) electrons. The number of fused-ring (bicyclic) bond motifs is 1. The van der Waals surface area contributed by atoms with Crippen LogP contribution in [0.25, 0.3) is 10.8 Å². The summed E-state index contributed by atoms with van der Waals surface area (Å²) in [5.41, 5.74) is -0.134. The van der Waals surface area contributed by atoms with Crippen LogP contribution in [0.15, 0.2) is 29.1 Å². The van der Waals surface area contributed by atoms with Gasteiger partial charge in [0.25, 0.3) is 11.5 Å². The van der Waals surface area contributed by atoms with Crippen molar-refractivity contribution >= 4 is 26.7 Å². The molecule has 0 saturated carbocycles. The predicted octanol–water partition coefficient (Wildman–Crippen LogP) is 0.444. The number of hydrogen-bond donors (Lipinski definition) is 1. The van der Waals surface area contributed by atoms with E-state index in [0.717, 1.165) is 0 Å². The molecule has 1 fully saturated rings. The zero-order chi connectivity index (χ0) is 21.0. The highest BCUT2D eigenvalue weighted by Gasteiger charge is 2.24. The summed E-state index contributed by atoms with van der Waals surface area (Å²) in [6.45, 7) is 5.65. The molecule has 1 aromatic carbocycles. The molecule has 0 atom stereocenters. The highest BCUT2D eigenvalue weighted by Crippen LogP contribution is 2.14. The average molecular weight is 423 g/mol. The van der Waals surface area contributed by atoms with Crippen molar-refractivity contribution in [3.8, 4) is 0 Å². The maximum absolute atomic E-state index is 12.8. The minimum absolute atomic E-state index is 0.0438. The van der Waals surface area contributed by atoms with Crippen LogP contribution in [0.5, 0.6) is 0 Å². The van der Waals surface area contributed by atoms with Crippen molar-refractivity contribution in [2.75, 3.05) is 38.6 Å². The number of rotatable bonds is 7. The van der Waals surface area contributed by atoms with E-state index in [2.05, 4.69) is 10.4 Å². The molecular weight excluding hydrogens is 396 g/mol. The Hall–Kier alpha value is -2.30. The zero-order valence-corrected chi connectivity index (χ0v) is 17.4. The van der Waals surface area contributed by atoms with Crippen molar-refractivity contribution in [3.05, 3.63) is 40.3 Å². The molecule has 0 spiro atoms. The summed E-state index contributed by atoms with van der Waals surface area (Å²) in [5, 5.41) is 7.75. The van der Waals surface area contributed by atoms with Crippen molar-refractivity contribution in [2.45, 2.75) is 20.4 Å². The van der Waals surface area contributed by atoms with Crippen molar-refractivity contribution in [2.24, 2.45) is 5.92 Å². The lowest BCUT2D eigenvalue weighted by Gasteiger charge is -2.26. The van der Waals surface area contributed by atoms with Crippen LogP contribution < -0.4 is 10.9 Å². The molecule has 158 valence electrons. The lowest BCUT2D eigenvalue weighted by molar-refractivity contribution is 0.0730. The summed E-state index contributed by atoms with van der Waals surface area (Å²) >= 11 is 0. The van der Waals surface area contributed by atoms with Gasteiger partial charge in [0, 0.05) is 31.6 Å². The van der Waals surface area contributed by atoms with E-state index in [-0.39, 0.29) is 29.5 Å². The van der Waals surface area contributed by atoms with E-state index in [1.54, 1.807) is 24.3 Å². The lowest BCUT2D eigenvalue weighted by atomic mass is 10.1. The fourth-order valence-corrected chi connectivity index (χ4v) is 4.53. The van der Waals surface area contributed by atoms with Crippen molar-refractivity contribution in [3.63, 3.8) is 0 Å². The number of ether oxygens (including phenoxy) is 1. The molecule has 2 heterocycles.